The van der Waals surface area contributed by atoms with Gasteiger partial charge in [-0.2, -0.15) is 0 Å². The van der Waals surface area contributed by atoms with Gasteiger partial charge in [-0.25, -0.2) is 4.98 Å². The summed E-state index contributed by atoms with van der Waals surface area (Å²) in [6.07, 6.45) is 2.10. The Bertz CT molecular complexity index is 557. The third-order valence-corrected chi connectivity index (χ3v) is 5.71. The van der Waals surface area contributed by atoms with Gasteiger partial charge in [0.1, 0.15) is 5.15 Å². The van der Waals surface area contributed by atoms with Crippen molar-refractivity contribution in [2.75, 3.05) is 52.6 Å². The largest absolute Gasteiger partial charge is 0.381 e. The van der Waals surface area contributed by atoms with Crippen molar-refractivity contribution in [1.29, 1.82) is 0 Å². The van der Waals surface area contributed by atoms with E-state index >= 15 is 0 Å². The van der Waals surface area contributed by atoms with Crippen LogP contribution in [-0.2, 0) is 21.6 Å². The van der Waals surface area contributed by atoms with Gasteiger partial charge in [0.05, 0.1) is 24.4 Å². The standard InChI is InChI=1S/C17H24ClN3O2/c18-16-2-1-14-15(19-16)13-21(17(14)3-9-22-10-4-17)6-5-20-7-11-23-12-8-20/h1-2H,3-13H2. The van der Waals surface area contributed by atoms with Crippen LogP contribution in [0.2, 0.25) is 5.15 Å². The van der Waals surface area contributed by atoms with Crippen molar-refractivity contribution < 1.29 is 9.47 Å². The zero-order chi connectivity index (χ0) is 15.7. The number of halogens is 1. The molecule has 0 N–H and O–H groups in total. The molecule has 23 heavy (non-hydrogen) atoms. The molecule has 2 fully saturated rings. The van der Waals surface area contributed by atoms with Crippen molar-refractivity contribution in [3.05, 3.63) is 28.5 Å². The first kappa shape index (κ1) is 15.8. The predicted octanol–water partition coefficient (Wildman–Crippen LogP) is 1.89. The van der Waals surface area contributed by atoms with E-state index < -0.39 is 0 Å². The van der Waals surface area contributed by atoms with E-state index in [2.05, 4.69) is 20.9 Å². The zero-order valence-corrected chi connectivity index (χ0v) is 14.2. The summed E-state index contributed by atoms with van der Waals surface area (Å²) in [5.74, 6) is 0. The minimum Gasteiger partial charge on any atom is -0.381 e. The zero-order valence-electron chi connectivity index (χ0n) is 13.5. The van der Waals surface area contributed by atoms with Crippen LogP contribution in [0.25, 0.3) is 0 Å². The van der Waals surface area contributed by atoms with Crippen molar-refractivity contribution in [2.24, 2.45) is 0 Å². The quantitative estimate of drug-likeness (QED) is 0.787. The number of hydrogen-bond acceptors (Lipinski definition) is 5. The van der Waals surface area contributed by atoms with Crippen LogP contribution in [-0.4, -0.2) is 67.4 Å². The van der Waals surface area contributed by atoms with Gasteiger partial charge in [-0.05, 0) is 24.5 Å². The molecule has 1 aromatic rings. The smallest absolute Gasteiger partial charge is 0.129 e. The lowest BCUT2D eigenvalue weighted by atomic mass is 9.83. The molecule has 0 saturated carbocycles. The van der Waals surface area contributed by atoms with Gasteiger partial charge in [-0.1, -0.05) is 17.7 Å². The molecule has 2 saturated heterocycles. The molecule has 1 spiro atoms. The summed E-state index contributed by atoms with van der Waals surface area (Å²) >= 11 is 6.12. The molecule has 0 aromatic carbocycles. The molecular formula is C17H24ClN3O2. The van der Waals surface area contributed by atoms with Crippen LogP contribution in [0.1, 0.15) is 24.1 Å². The topological polar surface area (TPSA) is 37.8 Å². The third-order valence-electron chi connectivity index (χ3n) is 5.50. The highest BCUT2D eigenvalue weighted by atomic mass is 35.5. The minimum absolute atomic E-state index is 0.0947. The number of rotatable bonds is 3. The van der Waals surface area contributed by atoms with E-state index in [1.807, 2.05) is 6.07 Å². The molecule has 126 valence electrons. The monoisotopic (exact) mass is 337 g/mol. The van der Waals surface area contributed by atoms with Crippen LogP contribution in [0.4, 0.5) is 0 Å². The Kier molecular flexibility index (Phi) is 4.56. The average molecular weight is 338 g/mol. The van der Waals surface area contributed by atoms with Gasteiger partial charge in [0.25, 0.3) is 0 Å². The van der Waals surface area contributed by atoms with Gasteiger partial charge in [0.15, 0.2) is 0 Å². The summed E-state index contributed by atoms with van der Waals surface area (Å²) in [7, 11) is 0. The number of nitrogens with zero attached hydrogens (tertiary/aromatic N) is 3. The molecule has 0 atom stereocenters. The number of hydrogen-bond donors (Lipinski definition) is 0. The summed E-state index contributed by atoms with van der Waals surface area (Å²) in [6.45, 7) is 8.52. The summed E-state index contributed by atoms with van der Waals surface area (Å²) in [5, 5.41) is 0.598. The van der Waals surface area contributed by atoms with E-state index in [-0.39, 0.29) is 5.54 Å². The van der Waals surface area contributed by atoms with E-state index in [9.17, 15) is 0 Å². The first-order valence-corrected chi connectivity index (χ1v) is 8.94. The van der Waals surface area contributed by atoms with Gasteiger partial charge in [-0.15, -0.1) is 0 Å². The second kappa shape index (κ2) is 6.65. The predicted molar refractivity (Wildman–Crippen MR) is 88.6 cm³/mol. The number of aromatic nitrogens is 1. The van der Waals surface area contributed by atoms with Crippen molar-refractivity contribution in [1.82, 2.24) is 14.8 Å². The first-order chi connectivity index (χ1) is 11.3. The number of fused-ring (bicyclic) bond motifs is 2. The lowest BCUT2D eigenvalue weighted by Gasteiger charge is -2.43. The molecule has 0 amide bonds. The highest BCUT2D eigenvalue weighted by Gasteiger charge is 2.46. The molecule has 3 aliphatic rings. The van der Waals surface area contributed by atoms with E-state index in [1.165, 1.54) is 5.56 Å². The molecule has 0 bridgehead atoms. The lowest BCUT2D eigenvalue weighted by molar-refractivity contribution is -0.0327. The van der Waals surface area contributed by atoms with Crippen LogP contribution in [0.3, 0.4) is 0 Å². The number of morpholine rings is 1. The Labute approximate surface area is 142 Å². The second-order valence-electron chi connectivity index (χ2n) is 6.65. The van der Waals surface area contributed by atoms with Gasteiger partial charge in [0, 0.05) is 45.9 Å². The summed E-state index contributed by atoms with van der Waals surface area (Å²) in [5.41, 5.74) is 2.62. The normalized spacial score (nSPS) is 24.9. The van der Waals surface area contributed by atoms with Gasteiger partial charge in [0.2, 0.25) is 0 Å². The molecule has 0 aliphatic carbocycles. The van der Waals surface area contributed by atoms with Crippen LogP contribution in [0, 0.1) is 0 Å². The van der Waals surface area contributed by atoms with E-state index in [0.717, 1.165) is 77.7 Å². The first-order valence-electron chi connectivity index (χ1n) is 8.57. The summed E-state index contributed by atoms with van der Waals surface area (Å²) in [6, 6.07) is 4.12. The van der Waals surface area contributed by atoms with Gasteiger partial charge >= 0.3 is 0 Å². The van der Waals surface area contributed by atoms with Crippen LogP contribution in [0.15, 0.2) is 12.1 Å². The fourth-order valence-electron chi connectivity index (χ4n) is 4.20. The second-order valence-corrected chi connectivity index (χ2v) is 7.04. The molecule has 6 heteroatoms. The Morgan fingerprint density at radius 3 is 2.57 bits per heavy atom. The maximum atomic E-state index is 6.12. The maximum Gasteiger partial charge on any atom is 0.129 e. The van der Waals surface area contributed by atoms with Crippen LogP contribution in [0.5, 0.6) is 0 Å². The number of pyridine rings is 1. The highest BCUT2D eigenvalue weighted by Crippen LogP contribution is 2.45. The molecule has 3 aliphatic heterocycles. The fourth-order valence-corrected chi connectivity index (χ4v) is 4.36. The van der Waals surface area contributed by atoms with Crippen molar-refractivity contribution >= 4 is 11.6 Å². The Morgan fingerprint density at radius 1 is 1.04 bits per heavy atom. The number of ether oxygens (including phenoxy) is 2. The van der Waals surface area contributed by atoms with Gasteiger partial charge in [-0.3, -0.25) is 9.80 Å². The van der Waals surface area contributed by atoms with Crippen LogP contribution < -0.4 is 0 Å². The van der Waals surface area contributed by atoms with Crippen molar-refractivity contribution in [3.8, 4) is 0 Å². The lowest BCUT2D eigenvalue weighted by Crippen LogP contribution is -2.49. The summed E-state index contributed by atoms with van der Waals surface area (Å²) in [4.78, 5) is 9.71. The Balaban J connectivity index is 1.53. The van der Waals surface area contributed by atoms with E-state index in [1.54, 1.807) is 0 Å². The average Bonchev–Trinajstić information content (AvgIpc) is 2.87. The fraction of sp³-hybridized carbons (Fsp3) is 0.706. The molecule has 5 nitrogen and oxygen atoms in total. The highest BCUT2D eigenvalue weighted by molar-refractivity contribution is 6.29. The molecule has 1 aromatic heterocycles. The van der Waals surface area contributed by atoms with Gasteiger partial charge < -0.3 is 9.47 Å². The van der Waals surface area contributed by atoms with Crippen molar-refractivity contribution in [2.45, 2.75) is 24.9 Å². The SMILES string of the molecule is Clc1ccc2c(n1)CN(CCN1CCOCC1)C21CCOCC1. The van der Waals surface area contributed by atoms with Crippen molar-refractivity contribution in [3.63, 3.8) is 0 Å². The minimum atomic E-state index is 0.0947. The molecule has 0 unspecified atom stereocenters. The summed E-state index contributed by atoms with van der Waals surface area (Å²) < 4.78 is 11.1. The maximum absolute atomic E-state index is 6.12. The molecular weight excluding hydrogens is 314 g/mol. The third kappa shape index (κ3) is 3.01. The molecule has 4 rings (SSSR count). The Morgan fingerprint density at radius 2 is 1.78 bits per heavy atom. The Hall–Kier alpha value is -0.720. The van der Waals surface area contributed by atoms with E-state index in [0.29, 0.717) is 5.15 Å². The molecule has 4 heterocycles. The van der Waals surface area contributed by atoms with Crippen LogP contribution >= 0.6 is 11.6 Å². The molecule has 0 radical (unpaired) electrons. The van der Waals surface area contributed by atoms with E-state index in [4.69, 9.17) is 21.1 Å².